The fourth-order valence-corrected chi connectivity index (χ4v) is 3.37. The fourth-order valence-electron chi connectivity index (χ4n) is 3.37. The molecule has 0 aliphatic rings. The van der Waals surface area contributed by atoms with Crippen LogP contribution in [0, 0.1) is 6.92 Å². The minimum absolute atomic E-state index is 0.227. The Labute approximate surface area is 179 Å². The maximum atomic E-state index is 12.3. The van der Waals surface area contributed by atoms with E-state index in [1.807, 2.05) is 49.4 Å². The third-order valence-corrected chi connectivity index (χ3v) is 4.90. The van der Waals surface area contributed by atoms with Crippen LogP contribution in [0.2, 0.25) is 0 Å². The summed E-state index contributed by atoms with van der Waals surface area (Å²) >= 11 is 0. The fraction of sp³-hybridized carbons (Fsp3) is 0.167. The van der Waals surface area contributed by atoms with Gasteiger partial charge in [0.2, 0.25) is 0 Å². The van der Waals surface area contributed by atoms with E-state index in [1.165, 1.54) is 0 Å². The van der Waals surface area contributed by atoms with Gasteiger partial charge in [-0.05, 0) is 54.4 Å². The van der Waals surface area contributed by atoms with Crippen molar-refractivity contribution in [1.82, 2.24) is 15.5 Å². The minimum atomic E-state index is -0.582. The molecule has 0 radical (unpaired) electrons. The van der Waals surface area contributed by atoms with Gasteiger partial charge in [-0.15, -0.1) is 0 Å². The summed E-state index contributed by atoms with van der Waals surface area (Å²) in [6.45, 7) is 3.27. The summed E-state index contributed by atoms with van der Waals surface area (Å²) < 4.78 is 10.3. The molecule has 156 valence electrons. The predicted molar refractivity (Wildman–Crippen MR) is 115 cm³/mol. The number of nitrogens with one attached hydrogen (secondary N) is 1. The summed E-state index contributed by atoms with van der Waals surface area (Å²) in [6, 6.07) is 20.3. The Morgan fingerprint density at radius 1 is 1.03 bits per heavy atom. The second kappa shape index (κ2) is 8.79. The summed E-state index contributed by atoms with van der Waals surface area (Å²) in [6.07, 6.45) is 0. The van der Waals surface area contributed by atoms with Gasteiger partial charge in [-0.25, -0.2) is 4.79 Å². The topological polar surface area (TPSA) is 94.3 Å². The first-order valence-corrected chi connectivity index (χ1v) is 9.86. The Hall–Kier alpha value is -4.00. The number of esters is 1. The number of hydrogen-bond acceptors (Lipinski definition) is 6. The Balaban J connectivity index is 1.34. The number of aryl methyl sites for hydroxylation is 1. The average Bonchev–Trinajstić information content (AvgIpc) is 3.23. The van der Waals surface area contributed by atoms with Gasteiger partial charge in [0.05, 0.1) is 11.6 Å². The molecule has 31 heavy (non-hydrogen) atoms. The van der Waals surface area contributed by atoms with E-state index >= 15 is 0 Å². The summed E-state index contributed by atoms with van der Waals surface area (Å²) in [5, 5.41) is 8.80. The molecule has 1 amide bonds. The van der Waals surface area contributed by atoms with Crippen LogP contribution in [0.15, 0.2) is 71.3 Å². The predicted octanol–water partition coefficient (Wildman–Crippen LogP) is 4.23. The van der Waals surface area contributed by atoms with Crippen molar-refractivity contribution in [2.75, 3.05) is 6.61 Å². The van der Waals surface area contributed by atoms with Gasteiger partial charge in [-0.1, -0.05) is 47.6 Å². The van der Waals surface area contributed by atoms with Crippen molar-refractivity contribution in [1.29, 1.82) is 0 Å². The van der Waals surface area contributed by atoms with E-state index in [2.05, 4.69) is 15.5 Å². The number of carbonyl (C=O) groups excluding carboxylic acids is 2. The van der Waals surface area contributed by atoms with Crippen molar-refractivity contribution in [2.24, 2.45) is 0 Å². The van der Waals surface area contributed by atoms with E-state index in [1.54, 1.807) is 31.2 Å². The SMILES string of the molecule is Cc1noc(-c2ccc(C(=O)OCC(=O)NC(C)c3cccc4ccccc34)cc2)n1. The van der Waals surface area contributed by atoms with Crippen LogP contribution in [0.4, 0.5) is 0 Å². The van der Waals surface area contributed by atoms with Crippen molar-refractivity contribution >= 4 is 22.6 Å². The summed E-state index contributed by atoms with van der Waals surface area (Å²) in [5.74, 6) is -0.0468. The Bertz CT molecular complexity index is 1230. The lowest BCUT2D eigenvalue weighted by molar-refractivity contribution is -0.124. The Kier molecular flexibility index (Phi) is 5.75. The molecule has 0 saturated carbocycles. The highest BCUT2D eigenvalue weighted by atomic mass is 16.5. The third-order valence-electron chi connectivity index (χ3n) is 4.90. The monoisotopic (exact) mass is 415 g/mol. The van der Waals surface area contributed by atoms with E-state index in [-0.39, 0.29) is 18.6 Å². The van der Waals surface area contributed by atoms with Crippen molar-refractivity contribution < 1.29 is 18.8 Å². The van der Waals surface area contributed by atoms with E-state index in [4.69, 9.17) is 9.26 Å². The molecular formula is C24H21N3O4. The van der Waals surface area contributed by atoms with Crippen molar-refractivity contribution in [3.05, 3.63) is 83.7 Å². The standard InChI is InChI=1S/C24H21N3O4/c1-15(20-9-5-7-17-6-3-4-8-21(17)20)25-22(28)14-30-24(29)19-12-10-18(11-13-19)23-26-16(2)27-31-23/h3-13,15H,14H2,1-2H3,(H,25,28). The van der Waals surface area contributed by atoms with E-state index in [9.17, 15) is 9.59 Å². The summed E-state index contributed by atoms with van der Waals surface area (Å²) in [5.41, 5.74) is 2.03. The molecule has 0 aliphatic heterocycles. The van der Waals surface area contributed by atoms with Crippen LogP contribution in [0.5, 0.6) is 0 Å². The van der Waals surface area contributed by atoms with Gasteiger partial charge in [0.1, 0.15) is 0 Å². The number of hydrogen-bond donors (Lipinski definition) is 1. The van der Waals surface area contributed by atoms with Crippen LogP contribution >= 0.6 is 0 Å². The lowest BCUT2D eigenvalue weighted by atomic mass is 10.00. The second-order valence-electron chi connectivity index (χ2n) is 7.16. The third kappa shape index (κ3) is 4.61. The van der Waals surface area contributed by atoms with Crippen LogP contribution in [0.1, 0.15) is 34.7 Å². The largest absolute Gasteiger partial charge is 0.452 e. The van der Waals surface area contributed by atoms with Gasteiger partial charge in [0.25, 0.3) is 11.8 Å². The van der Waals surface area contributed by atoms with Crippen molar-refractivity contribution in [2.45, 2.75) is 19.9 Å². The molecule has 1 unspecified atom stereocenters. The number of amides is 1. The van der Waals surface area contributed by atoms with Crippen LogP contribution in [-0.2, 0) is 9.53 Å². The number of benzene rings is 3. The van der Waals surface area contributed by atoms with Gasteiger partial charge in [0.15, 0.2) is 12.4 Å². The zero-order valence-electron chi connectivity index (χ0n) is 17.2. The molecule has 1 atom stereocenters. The Morgan fingerprint density at radius 3 is 2.52 bits per heavy atom. The number of carbonyl (C=O) groups is 2. The highest BCUT2D eigenvalue weighted by Gasteiger charge is 2.15. The molecular weight excluding hydrogens is 394 g/mol. The maximum Gasteiger partial charge on any atom is 0.338 e. The molecule has 1 heterocycles. The molecule has 7 nitrogen and oxygen atoms in total. The summed E-state index contributed by atoms with van der Waals surface area (Å²) in [7, 11) is 0. The molecule has 7 heteroatoms. The average molecular weight is 415 g/mol. The number of rotatable bonds is 6. The molecule has 4 aromatic rings. The highest BCUT2D eigenvalue weighted by molar-refractivity contribution is 5.92. The normalized spacial score (nSPS) is 11.8. The van der Waals surface area contributed by atoms with Crippen LogP contribution in [0.25, 0.3) is 22.2 Å². The Morgan fingerprint density at radius 2 is 1.77 bits per heavy atom. The number of aromatic nitrogens is 2. The number of fused-ring (bicyclic) bond motifs is 1. The molecule has 0 aliphatic carbocycles. The lowest BCUT2D eigenvalue weighted by Crippen LogP contribution is -2.31. The van der Waals surface area contributed by atoms with Gasteiger partial charge >= 0.3 is 5.97 Å². The first-order chi connectivity index (χ1) is 15.0. The van der Waals surface area contributed by atoms with Gasteiger partial charge in [-0.2, -0.15) is 4.98 Å². The molecule has 4 rings (SSSR count). The smallest absolute Gasteiger partial charge is 0.338 e. The van der Waals surface area contributed by atoms with E-state index < -0.39 is 5.97 Å². The van der Waals surface area contributed by atoms with Crippen molar-refractivity contribution in [3.63, 3.8) is 0 Å². The molecule has 1 aromatic heterocycles. The number of nitrogens with zero attached hydrogens (tertiary/aromatic N) is 2. The van der Waals surface area contributed by atoms with Crippen molar-refractivity contribution in [3.8, 4) is 11.5 Å². The van der Waals surface area contributed by atoms with E-state index in [0.717, 1.165) is 16.3 Å². The molecule has 3 aromatic carbocycles. The molecule has 1 N–H and O–H groups in total. The zero-order valence-corrected chi connectivity index (χ0v) is 17.2. The van der Waals surface area contributed by atoms with Gasteiger partial charge in [0, 0.05) is 5.56 Å². The summed E-state index contributed by atoms with van der Waals surface area (Å²) in [4.78, 5) is 28.7. The molecule has 0 bridgehead atoms. The lowest BCUT2D eigenvalue weighted by Gasteiger charge is -2.16. The quantitative estimate of drug-likeness (QED) is 0.474. The molecule has 0 fully saturated rings. The first-order valence-electron chi connectivity index (χ1n) is 9.86. The zero-order chi connectivity index (χ0) is 21.8. The van der Waals surface area contributed by atoms with Crippen LogP contribution in [-0.4, -0.2) is 28.6 Å². The first kappa shape index (κ1) is 20.3. The second-order valence-corrected chi connectivity index (χ2v) is 7.16. The highest BCUT2D eigenvalue weighted by Crippen LogP contribution is 2.24. The number of ether oxygens (including phenoxy) is 1. The van der Waals surface area contributed by atoms with E-state index in [0.29, 0.717) is 22.8 Å². The van der Waals surface area contributed by atoms with Gasteiger partial charge in [-0.3, -0.25) is 4.79 Å². The van der Waals surface area contributed by atoms with Crippen LogP contribution in [0.3, 0.4) is 0 Å². The maximum absolute atomic E-state index is 12.3. The van der Waals surface area contributed by atoms with Gasteiger partial charge < -0.3 is 14.6 Å². The minimum Gasteiger partial charge on any atom is -0.452 e. The molecule has 0 saturated heterocycles. The molecule has 0 spiro atoms. The van der Waals surface area contributed by atoms with Crippen LogP contribution < -0.4 is 5.32 Å².